The maximum Gasteiger partial charge on any atom is 0.327 e. The van der Waals surface area contributed by atoms with Crippen molar-refractivity contribution < 1.29 is 14.0 Å². The number of halogens is 1. The van der Waals surface area contributed by atoms with Crippen LogP contribution in [0.1, 0.15) is 34.4 Å². The Hall–Kier alpha value is -3.86. The monoisotopic (exact) mass is 492 g/mol. The zero-order chi connectivity index (χ0) is 25.6. The molecule has 0 saturated carbocycles. The van der Waals surface area contributed by atoms with Crippen molar-refractivity contribution >= 4 is 39.9 Å². The third-order valence-corrected chi connectivity index (χ3v) is 6.92. The summed E-state index contributed by atoms with van der Waals surface area (Å²) in [5.74, 6) is -0.243. The highest BCUT2D eigenvalue weighted by molar-refractivity contribution is 6.18. The van der Waals surface area contributed by atoms with E-state index < -0.39 is 11.8 Å². The van der Waals surface area contributed by atoms with Crippen molar-refractivity contribution in [3.8, 4) is 0 Å². The minimum absolute atomic E-state index is 0.182. The van der Waals surface area contributed by atoms with E-state index in [1.807, 2.05) is 32.9 Å². The summed E-state index contributed by atoms with van der Waals surface area (Å²) in [6.07, 6.45) is 0. The van der Waals surface area contributed by atoms with E-state index in [0.29, 0.717) is 41.2 Å². The Morgan fingerprint density at radius 1 is 1.14 bits per heavy atom. The van der Waals surface area contributed by atoms with Crippen LogP contribution in [0.4, 0.5) is 26.4 Å². The summed E-state index contributed by atoms with van der Waals surface area (Å²) >= 11 is 0. The molecule has 0 aliphatic carbocycles. The normalized spacial score (nSPS) is 15.9. The molecule has 2 N–H and O–H groups in total. The number of piperazine rings is 1. The molecule has 5 rings (SSSR count). The number of pyridine rings is 1. The molecule has 0 unspecified atom stereocenters. The quantitative estimate of drug-likeness (QED) is 0.564. The Balaban J connectivity index is 1.36. The van der Waals surface area contributed by atoms with E-state index in [2.05, 4.69) is 35.6 Å². The smallest absolute Gasteiger partial charge is 0.327 e. The van der Waals surface area contributed by atoms with Gasteiger partial charge in [-0.15, -0.1) is 5.10 Å². The first-order valence-corrected chi connectivity index (χ1v) is 12.1. The van der Waals surface area contributed by atoms with E-state index in [1.54, 1.807) is 13.1 Å². The minimum atomic E-state index is -0.424. The van der Waals surface area contributed by atoms with Crippen LogP contribution in [0.15, 0.2) is 18.2 Å². The summed E-state index contributed by atoms with van der Waals surface area (Å²) in [5.41, 5.74) is 3.58. The highest BCUT2D eigenvalue weighted by atomic mass is 19.1. The molecular formula is C25H29FN8O2. The van der Waals surface area contributed by atoms with Gasteiger partial charge in [-0.05, 0) is 39.0 Å². The molecule has 0 radical (unpaired) electrons. The second-order valence-electron chi connectivity index (χ2n) is 9.07. The predicted molar refractivity (Wildman–Crippen MR) is 136 cm³/mol. The highest BCUT2D eigenvalue weighted by Crippen LogP contribution is 2.39. The van der Waals surface area contributed by atoms with Crippen LogP contribution in [0.3, 0.4) is 0 Å². The van der Waals surface area contributed by atoms with Gasteiger partial charge >= 0.3 is 6.03 Å². The van der Waals surface area contributed by atoms with E-state index in [1.165, 1.54) is 4.90 Å². The molecular weight excluding hydrogens is 463 g/mol. The Kier molecular flexibility index (Phi) is 6.17. The number of nitrogens with one attached hydrogen (secondary N) is 2. The lowest BCUT2D eigenvalue weighted by Crippen LogP contribution is -2.46. The summed E-state index contributed by atoms with van der Waals surface area (Å²) < 4.78 is 15.7. The van der Waals surface area contributed by atoms with Crippen molar-refractivity contribution in [2.45, 2.75) is 27.3 Å². The molecule has 4 heterocycles. The zero-order valence-corrected chi connectivity index (χ0v) is 20.9. The van der Waals surface area contributed by atoms with E-state index >= 15 is 4.39 Å². The third-order valence-electron chi connectivity index (χ3n) is 6.92. The first-order valence-electron chi connectivity index (χ1n) is 12.1. The fraction of sp³-hybridized carbons (Fsp3) is 0.400. The minimum Gasteiger partial charge on any atom is -0.368 e. The van der Waals surface area contributed by atoms with Crippen LogP contribution in [0.2, 0.25) is 0 Å². The SMILES string of the molecule is CCN1C(=O)Nc2c(F)c(CN3CCN(c4ccc(C(=O)NC)nc4C)CC3)cc3c(C)nnc1c23. The lowest BCUT2D eigenvalue weighted by Gasteiger charge is -2.37. The van der Waals surface area contributed by atoms with E-state index in [-0.39, 0.29) is 11.6 Å². The number of benzene rings is 1. The number of rotatable bonds is 5. The average Bonchev–Trinajstić information content (AvgIpc) is 2.88. The molecule has 0 atom stereocenters. The van der Waals surface area contributed by atoms with Gasteiger partial charge in [-0.1, -0.05) is 0 Å². The van der Waals surface area contributed by atoms with Crippen molar-refractivity contribution in [3.05, 3.63) is 46.7 Å². The highest BCUT2D eigenvalue weighted by Gasteiger charge is 2.31. The lowest BCUT2D eigenvalue weighted by molar-refractivity contribution is 0.0958. The molecule has 1 aromatic carbocycles. The van der Waals surface area contributed by atoms with Gasteiger partial charge in [-0.2, -0.15) is 5.10 Å². The number of aromatic nitrogens is 3. The summed E-state index contributed by atoms with van der Waals surface area (Å²) in [5, 5.41) is 15.1. The Bertz CT molecular complexity index is 1370. The first kappa shape index (κ1) is 23.9. The molecule has 2 aliphatic rings. The van der Waals surface area contributed by atoms with Crippen LogP contribution >= 0.6 is 0 Å². The van der Waals surface area contributed by atoms with Gasteiger partial charge in [0.25, 0.3) is 5.91 Å². The van der Waals surface area contributed by atoms with Gasteiger partial charge in [0.1, 0.15) is 5.69 Å². The molecule has 2 aromatic heterocycles. The molecule has 1 fully saturated rings. The summed E-state index contributed by atoms with van der Waals surface area (Å²) in [6, 6.07) is 5.10. The van der Waals surface area contributed by atoms with Crippen molar-refractivity contribution in [1.29, 1.82) is 0 Å². The van der Waals surface area contributed by atoms with Crippen LogP contribution in [-0.4, -0.2) is 71.8 Å². The van der Waals surface area contributed by atoms with Crippen LogP contribution in [-0.2, 0) is 6.54 Å². The average molecular weight is 493 g/mol. The predicted octanol–water partition coefficient (Wildman–Crippen LogP) is 2.83. The van der Waals surface area contributed by atoms with Crippen molar-refractivity contribution in [2.75, 3.05) is 54.9 Å². The molecule has 0 bridgehead atoms. The first-order chi connectivity index (χ1) is 17.3. The molecule has 3 aromatic rings. The number of hydrogen-bond acceptors (Lipinski definition) is 7. The van der Waals surface area contributed by atoms with E-state index in [9.17, 15) is 9.59 Å². The van der Waals surface area contributed by atoms with Gasteiger partial charge in [0.15, 0.2) is 11.6 Å². The zero-order valence-electron chi connectivity index (χ0n) is 20.9. The number of carbonyl (C=O) groups is 2. The molecule has 1 saturated heterocycles. The Morgan fingerprint density at radius 3 is 2.56 bits per heavy atom. The molecule has 188 valence electrons. The standard InChI is InChI=1S/C25H29FN8O2/c1-5-34-23-20-17(14(2)30-31-23)12-16(21(26)22(20)29-25(34)36)13-32-8-10-33(11-9-32)19-7-6-18(24(35)27-4)28-15(19)3/h6-7,12H,5,8-11,13H2,1-4H3,(H,27,35)(H,29,36). The van der Waals surface area contributed by atoms with Crippen molar-refractivity contribution in [2.24, 2.45) is 0 Å². The van der Waals surface area contributed by atoms with E-state index in [0.717, 1.165) is 42.9 Å². The van der Waals surface area contributed by atoms with Crippen molar-refractivity contribution in [1.82, 2.24) is 25.4 Å². The molecule has 2 aliphatic heterocycles. The number of carbonyl (C=O) groups excluding carboxylic acids is 2. The maximum atomic E-state index is 15.7. The molecule has 36 heavy (non-hydrogen) atoms. The molecule has 3 amide bonds. The third kappa shape index (κ3) is 3.98. The summed E-state index contributed by atoms with van der Waals surface area (Å²) in [7, 11) is 1.58. The van der Waals surface area contributed by atoms with Crippen LogP contribution in [0.25, 0.3) is 10.8 Å². The second kappa shape index (κ2) is 9.30. The van der Waals surface area contributed by atoms with Crippen molar-refractivity contribution in [3.63, 3.8) is 0 Å². The van der Waals surface area contributed by atoms with Gasteiger partial charge in [0.2, 0.25) is 0 Å². The number of nitrogens with zero attached hydrogens (tertiary/aromatic N) is 6. The van der Waals surface area contributed by atoms with Crippen LogP contribution in [0.5, 0.6) is 0 Å². The summed E-state index contributed by atoms with van der Waals surface area (Å²) in [6.45, 7) is 9.38. The van der Waals surface area contributed by atoms with Crippen LogP contribution < -0.4 is 20.4 Å². The number of hydrogen-bond donors (Lipinski definition) is 2. The van der Waals surface area contributed by atoms with E-state index in [4.69, 9.17) is 0 Å². The summed E-state index contributed by atoms with van der Waals surface area (Å²) in [4.78, 5) is 34.8. The number of urea groups is 1. The van der Waals surface area contributed by atoms with Gasteiger partial charge < -0.3 is 15.5 Å². The van der Waals surface area contributed by atoms with Gasteiger partial charge in [0.05, 0.1) is 28.1 Å². The topological polar surface area (TPSA) is 107 Å². The lowest BCUT2D eigenvalue weighted by atomic mass is 10.0. The van der Waals surface area contributed by atoms with Gasteiger partial charge in [0, 0.05) is 57.3 Å². The fourth-order valence-corrected chi connectivity index (χ4v) is 4.97. The maximum absolute atomic E-state index is 15.7. The Labute approximate surface area is 208 Å². The number of anilines is 3. The number of amides is 3. The second-order valence-corrected chi connectivity index (χ2v) is 9.07. The fourth-order valence-electron chi connectivity index (χ4n) is 4.97. The Morgan fingerprint density at radius 2 is 1.89 bits per heavy atom. The number of aryl methyl sites for hydroxylation is 2. The van der Waals surface area contributed by atoms with Crippen LogP contribution in [0, 0.1) is 19.7 Å². The van der Waals surface area contributed by atoms with Gasteiger partial charge in [-0.25, -0.2) is 14.2 Å². The van der Waals surface area contributed by atoms with Gasteiger partial charge in [-0.3, -0.25) is 14.6 Å². The molecule has 10 nitrogen and oxygen atoms in total. The molecule has 11 heteroatoms. The largest absolute Gasteiger partial charge is 0.368 e. The molecule has 0 spiro atoms.